The van der Waals surface area contributed by atoms with Crippen LogP contribution in [0.15, 0.2) is 36.5 Å². The maximum absolute atomic E-state index is 11.5. The maximum Gasteiger partial charge on any atom is 0.407 e. The Morgan fingerprint density at radius 1 is 1.39 bits per heavy atom. The molecule has 0 bridgehead atoms. The Morgan fingerprint density at radius 2 is 2.17 bits per heavy atom. The molecule has 8 heteroatoms. The van der Waals surface area contributed by atoms with Gasteiger partial charge in [0.15, 0.2) is 5.01 Å². The standard InChI is InChI=1S/C15H13N3O4S/c19-15(22-11-12-6-2-1-3-7-12)16-9-5-4-8-13-17-10-14(23-13)18(20)21/h1-3,6-7,10H,5,9,11H2,(H,16,19). The lowest BCUT2D eigenvalue weighted by Gasteiger charge is -2.05. The molecule has 0 atom stereocenters. The minimum absolute atomic E-state index is 0.0445. The summed E-state index contributed by atoms with van der Waals surface area (Å²) in [5.41, 5.74) is 0.910. The van der Waals surface area contributed by atoms with Gasteiger partial charge in [0.25, 0.3) is 0 Å². The SMILES string of the molecule is O=C(NCCC#Cc1ncc([N+](=O)[O-])s1)OCc1ccccc1. The van der Waals surface area contributed by atoms with Gasteiger partial charge in [-0.05, 0) is 22.8 Å². The highest BCUT2D eigenvalue weighted by atomic mass is 32.1. The summed E-state index contributed by atoms with van der Waals surface area (Å²) < 4.78 is 5.04. The largest absolute Gasteiger partial charge is 0.445 e. The molecule has 0 aliphatic rings. The molecule has 0 aliphatic carbocycles. The number of aromatic nitrogens is 1. The van der Waals surface area contributed by atoms with Gasteiger partial charge in [-0.25, -0.2) is 9.78 Å². The van der Waals surface area contributed by atoms with Gasteiger partial charge in [0.2, 0.25) is 0 Å². The number of thiazole rings is 1. The van der Waals surface area contributed by atoms with E-state index in [4.69, 9.17) is 4.74 Å². The van der Waals surface area contributed by atoms with Crippen LogP contribution in [0.5, 0.6) is 0 Å². The number of nitrogens with zero attached hydrogens (tertiary/aromatic N) is 2. The maximum atomic E-state index is 11.5. The van der Waals surface area contributed by atoms with Crippen LogP contribution in [0.4, 0.5) is 9.80 Å². The summed E-state index contributed by atoms with van der Waals surface area (Å²) in [6.45, 7) is 0.537. The van der Waals surface area contributed by atoms with Crippen LogP contribution in [-0.2, 0) is 11.3 Å². The average Bonchev–Trinajstić information content (AvgIpc) is 3.03. The zero-order valence-corrected chi connectivity index (χ0v) is 12.8. The Bertz CT molecular complexity index is 734. The van der Waals surface area contributed by atoms with Crippen LogP contribution in [0, 0.1) is 22.0 Å². The molecule has 0 saturated heterocycles. The predicted octanol–water partition coefficient (Wildman–Crippen LogP) is 2.72. The van der Waals surface area contributed by atoms with Crippen molar-refractivity contribution in [3.63, 3.8) is 0 Å². The minimum Gasteiger partial charge on any atom is -0.445 e. The summed E-state index contributed by atoms with van der Waals surface area (Å²) in [5.74, 6) is 5.50. The van der Waals surface area contributed by atoms with Gasteiger partial charge in [-0.15, -0.1) is 0 Å². The van der Waals surface area contributed by atoms with Gasteiger partial charge in [-0.1, -0.05) is 36.3 Å². The number of nitro groups is 1. The van der Waals surface area contributed by atoms with Crippen LogP contribution < -0.4 is 5.32 Å². The number of carbonyl (C=O) groups excluding carboxylic acids is 1. The molecule has 1 heterocycles. The van der Waals surface area contributed by atoms with Gasteiger partial charge in [0.1, 0.15) is 12.8 Å². The quantitative estimate of drug-likeness (QED) is 0.393. The minimum atomic E-state index is -0.513. The monoisotopic (exact) mass is 331 g/mol. The van der Waals surface area contributed by atoms with Crippen molar-refractivity contribution < 1.29 is 14.5 Å². The molecule has 0 fully saturated rings. The van der Waals surface area contributed by atoms with Crippen molar-refractivity contribution in [2.24, 2.45) is 0 Å². The van der Waals surface area contributed by atoms with Crippen LogP contribution in [0.3, 0.4) is 0 Å². The molecule has 0 radical (unpaired) electrons. The van der Waals surface area contributed by atoms with E-state index in [9.17, 15) is 14.9 Å². The summed E-state index contributed by atoms with van der Waals surface area (Å²) in [6.07, 6.45) is 1.06. The van der Waals surface area contributed by atoms with Crippen molar-refractivity contribution in [1.82, 2.24) is 10.3 Å². The normalized spacial score (nSPS) is 9.57. The molecule has 1 amide bonds. The smallest absolute Gasteiger partial charge is 0.407 e. The van der Waals surface area contributed by atoms with Gasteiger partial charge in [-0.2, -0.15) is 0 Å². The Kier molecular flexibility index (Phi) is 6.08. The van der Waals surface area contributed by atoms with E-state index in [-0.39, 0.29) is 11.6 Å². The fourth-order valence-electron chi connectivity index (χ4n) is 1.55. The number of amides is 1. The molecule has 2 aromatic rings. The second-order valence-corrected chi connectivity index (χ2v) is 5.31. The summed E-state index contributed by atoms with van der Waals surface area (Å²) in [7, 11) is 0. The Hall–Kier alpha value is -2.92. The lowest BCUT2D eigenvalue weighted by atomic mass is 10.2. The number of carbonyl (C=O) groups is 1. The second-order valence-electron chi connectivity index (χ2n) is 4.30. The van der Waals surface area contributed by atoms with Gasteiger partial charge in [0.05, 0.1) is 4.92 Å². The first kappa shape index (κ1) is 16.5. The predicted molar refractivity (Wildman–Crippen MR) is 84.9 cm³/mol. The van der Waals surface area contributed by atoms with E-state index in [1.54, 1.807) is 0 Å². The highest BCUT2D eigenvalue weighted by Crippen LogP contribution is 2.19. The Morgan fingerprint density at radius 3 is 2.87 bits per heavy atom. The number of hydrogen-bond acceptors (Lipinski definition) is 6. The molecule has 1 aromatic heterocycles. The van der Waals surface area contributed by atoms with Gasteiger partial charge < -0.3 is 10.1 Å². The molecule has 0 aliphatic heterocycles. The number of rotatable bonds is 5. The first-order valence-corrected chi connectivity index (χ1v) is 7.50. The lowest BCUT2D eigenvalue weighted by Crippen LogP contribution is -2.24. The van der Waals surface area contributed by atoms with E-state index in [0.29, 0.717) is 18.0 Å². The summed E-state index contributed by atoms with van der Waals surface area (Å²) in [4.78, 5) is 25.3. The second kappa shape index (κ2) is 8.51. The molecule has 23 heavy (non-hydrogen) atoms. The van der Waals surface area contributed by atoms with Crippen molar-refractivity contribution >= 4 is 22.4 Å². The Balaban J connectivity index is 1.66. The molecule has 1 N–H and O–H groups in total. The lowest BCUT2D eigenvalue weighted by molar-refractivity contribution is -0.380. The van der Waals surface area contributed by atoms with Crippen LogP contribution in [0.2, 0.25) is 0 Å². The zero-order chi connectivity index (χ0) is 16.5. The van der Waals surface area contributed by atoms with Gasteiger partial charge in [-0.3, -0.25) is 10.1 Å². The van der Waals surface area contributed by atoms with Crippen LogP contribution in [0.1, 0.15) is 17.0 Å². The highest BCUT2D eigenvalue weighted by Gasteiger charge is 2.09. The Labute approximate surface area is 136 Å². The first-order chi connectivity index (χ1) is 11.1. The van der Waals surface area contributed by atoms with E-state index in [1.807, 2.05) is 30.3 Å². The molecule has 0 unspecified atom stereocenters. The van der Waals surface area contributed by atoms with Crippen molar-refractivity contribution in [3.8, 4) is 11.8 Å². The van der Waals surface area contributed by atoms with Crippen molar-refractivity contribution in [1.29, 1.82) is 0 Å². The number of benzene rings is 1. The summed E-state index contributed by atoms with van der Waals surface area (Å²) in [5, 5.41) is 13.4. The zero-order valence-electron chi connectivity index (χ0n) is 12.0. The van der Waals surface area contributed by atoms with Crippen molar-refractivity contribution in [2.45, 2.75) is 13.0 Å². The van der Waals surface area contributed by atoms with E-state index in [0.717, 1.165) is 16.9 Å². The number of ether oxygens (including phenoxy) is 1. The molecular weight excluding hydrogens is 318 g/mol. The molecule has 118 valence electrons. The van der Waals surface area contributed by atoms with E-state index in [2.05, 4.69) is 22.1 Å². The number of alkyl carbamates (subject to hydrolysis) is 1. The molecule has 0 saturated carbocycles. The number of nitrogens with one attached hydrogen (secondary N) is 1. The molecule has 7 nitrogen and oxygen atoms in total. The molecular formula is C15H13N3O4S. The van der Waals surface area contributed by atoms with Crippen LogP contribution in [-0.4, -0.2) is 22.5 Å². The molecule has 0 spiro atoms. The molecule has 2 rings (SSSR count). The van der Waals surface area contributed by atoms with Crippen LogP contribution >= 0.6 is 11.3 Å². The summed E-state index contributed by atoms with van der Waals surface area (Å²) in [6, 6.07) is 9.36. The third-order valence-electron chi connectivity index (χ3n) is 2.60. The highest BCUT2D eigenvalue weighted by molar-refractivity contribution is 7.15. The number of hydrogen-bond donors (Lipinski definition) is 1. The topological polar surface area (TPSA) is 94.4 Å². The van der Waals surface area contributed by atoms with E-state index in [1.165, 1.54) is 6.20 Å². The van der Waals surface area contributed by atoms with Crippen LogP contribution in [0.25, 0.3) is 0 Å². The van der Waals surface area contributed by atoms with E-state index >= 15 is 0 Å². The fraction of sp³-hybridized carbons (Fsp3) is 0.200. The van der Waals surface area contributed by atoms with Gasteiger partial charge >= 0.3 is 11.1 Å². The third kappa shape index (κ3) is 5.76. The van der Waals surface area contributed by atoms with E-state index < -0.39 is 11.0 Å². The fourth-order valence-corrected chi connectivity index (χ4v) is 2.15. The average molecular weight is 331 g/mol. The van der Waals surface area contributed by atoms with Crippen molar-refractivity contribution in [2.75, 3.05) is 6.54 Å². The van der Waals surface area contributed by atoms with Gasteiger partial charge in [0, 0.05) is 13.0 Å². The molecule has 1 aromatic carbocycles. The first-order valence-electron chi connectivity index (χ1n) is 6.69. The third-order valence-corrected chi connectivity index (χ3v) is 3.47. The van der Waals surface area contributed by atoms with Crippen molar-refractivity contribution in [3.05, 3.63) is 57.2 Å². The summed E-state index contributed by atoms with van der Waals surface area (Å²) >= 11 is 0.915.